The Morgan fingerprint density at radius 2 is 1.60 bits per heavy atom. The van der Waals surface area contributed by atoms with Crippen molar-refractivity contribution < 1.29 is 42.4 Å². The number of benzene rings is 2. The van der Waals surface area contributed by atoms with Gasteiger partial charge in [0.25, 0.3) is 0 Å². The summed E-state index contributed by atoms with van der Waals surface area (Å²) in [5.74, 6) is 1.85. The third kappa shape index (κ3) is 8.59. The van der Waals surface area contributed by atoms with Crippen LogP contribution < -0.4 is 5.32 Å². The first-order valence-electron chi connectivity index (χ1n) is 25.3. The fraction of sp³-hybridized carbons (Fsp3) is 0.673. The number of fused-ring (bicyclic) bond motifs is 7. The Morgan fingerprint density at radius 3 is 2.30 bits per heavy atom. The van der Waals surface area contributed by atoms with Crippen molar-refractivity contribution in [2.24, 2.45) is 51.2 Å². The van der Waals surface area contributed by atoms with Crippen molar-refractivity contribution in [3.05, 3.63) is 89.5 Å². The van der Waals surface area contributed by atoms with Crippen molar-refractivity contribution in [2.75, 3.05) is 37.7 Å². The number of sulfone groups is 1. The second-order valence-electron chi connectivity index (χ2n) is 23.2. The SMILES string of the molecule is C=C(C)[C@@H]1CC[C@]2(NCCN3CCS(=O)(=O)CC3)CC[C@]3(C)[C@H](CCC4[C@@]5(C)CC=C(c6ccc(C(=O)O[C@H]7C[C@@H](O)[C@H](O)[C@@H](C(=O)OCc8ccccc8)O7)cc6)C(C)(C)C5CC[C@]43C)C12. The summed E-state index contributed by atoms with van der Waals surface area (Å²) in [6, 6.07) is 16.7. The van der Waals surface area contributed by atoms with Crippen LogP contribution in [0.3, 0.4) is 0 Å². The van der Waals surface area contributed by atoms with Crippen LogP contribution in [0.4, 0.5) is 0 Å². The highest BCUT2D eigenvalue weighted by atomic mass is 32.2. The van der Waals surface area contributed by atoms with E-state index < -0.39 is 46.4 Å². The molecular formula is C55H76N2O9S. The van der Waals surface area contributed by atoms with Gasteiger partial charge in [-0.15, -0.1) is 0 Å². The summed E-state index contributed by atoms with van der Waals surface area (Å²) in [6.45, 7) is 22.8. The summed E-state index contributed by atoms with van der Waals surface area (Å²) >= 11 is 0. The number of hydrogen-bond acceptors (Lipinski definition) is 11. The van der Waals surface area contributed by atoms with Crippen molar-refractivity contribution in [3.63, 3.8) is 0 Å². The Morgan fingerprint density at radius 1 is 0.881 bits per heavy atom. The predicted molar refractivity (Wildman–Crippen MR) is 259 cm³/mol. The van der Waals surface area contributed by atoms with Crippen LogP contribution in [0.25, 0.3) is 5.57 Å². The number of ether oxygens (including phenoxy) is 3. The molecule has 0 bridgehead atoms. The van der Waals surface area contributed by atoms with E-state index in [1.165, 1.54) is 62.5 Å². The number of nitrogens with zero attached hydrogens (tertiary/aromatic N) is 1. The normalized spacial score (nSPS) is 39.9. The van der Waals surface area contributed by atoms with E-state index in [4.69, 9.17) is 14.2 Å². The molecule has 11 nitrogen and oxygen atoms in total. The number of hydrogen-bond donors (Lipinski definition) is 3. The average Bonchev–Trinajstić information content (AvgIpc) is 3.68. The van der Waals surface area contributed by atoms with Gasteiger partial charge in [0.05, 0.1) is 23.2 Å². The molecule has 2 aromatic carbocycles. The highest BCUT2D eigenvalue weighted by molar-refractivity contribution is 7.91. The molecule has 12 heteroatoms. The lowest BCUT2D eigenvalue weighted by atomic mass is 9.33. The van der Waals surface area contributed by atoms with Crippen LogP contribution in [0.1, 0.15) is 127 Å². The maximum atomic E-state index is 13.5. The van der Waals surface area contributed by atoms with Crippen LogP contribution in [0.5, 0.6) is 0 Å². The minimum Gasteiger partial charge on any atom is -0.459 e. The molecule has 0 aromatic heterocycles. The Kier molecular flexibility index (Phi) is 13.1. The van der Waals surface area contributed by atoms with E-state index >= 15 is 0 Å². The zero-order valence-electron chi connectivity index (χ0n) is 40.8. The Labute approximate surface area is 399 Å². The van der Waals surface area contributed by atoms with Crippen molar-refractivity contribution >= 4 is 27.3 Å². The van der Waals surface area contributed by atoms with Crippen molar-refractivity contribution in [1.82, 2.24) is 10.2 Å². The average molecular weight is 941 g/mol. The van der Waals surface area contributed by atoms with E-state index in [0.717, 1.165) is 30.6 Å². The Bertz CT molecular complexity index is 2320. The van der Waals surface area contributed by atoms with Gasteiger partial charge in [-0.05, 0) is 145 Å². The number of esters is 2. The predicted octanol–water partition coefficient (Wildman–Crippen LogP) is 8.15. The smallest absolute Gasteiger partial charge is 0.340 e. The Hall–Kier alpha value is -3.39. The molecule has 366 valence electrons. The summed E-state index contributed by atoms with van der Waals surface area (Å²) in [4.78, 5) is 28.7. The zero-order chi connectivity index (χ0) is 47.7. The lowest BCUT2D eigenvalue weighted by molar-refractivity contribution is -0.239. The standard InChI is InChI=1S/C55H76N2O9S/c1-35(2)39-19-24-55(56-27-28-57-29-31-67(62,63)32-30-57)26-25-53(6)41(46(39)55)17-18-44-52(5)22-20-40(51(3,4)43(52)21-23-54(44,53)7)37-13-15-38(16-14-37)49(60)66-45-33-42(58)47(59)48(65-45)50(61)64-34-36-11-9-8-10-12-36/h8-16,20,39,41-48,56,58-59H,1,17-19,21-34H2,2-7H3/t39-,41+,42+,43?,44?,45-,46?,47-,48-,52-,53+,54+,55-/m0/s1. The van der Waals surface area contributed by atoms with Crippen LogP contribution in [0.2, 0.25) is 0 Å². The van der Waals surface area contributed by atoms with E-state index in [2.05, 4.69) is 64.4 Å². The maximum absolute atomic E-state index is 13.5. The number of carbonyl (C=O) groups excluding carboxylic acids is 2. The molecule has 67 heavy (non-hydrogen) atoms. The fourth-order valence-electron chi connectivity index (χ4n) is 15.9. The molecule has 4 saturated carbocycles. The number of carbonyl (C=O) groups is 2. The first-order chi connectivity index (χ1) is 31.7. The molecule has 2 saturated heterocycles. The molecule has 0 amide bonds. The quantitative estimate of drug-likeness (QED) is 0.148. The van der Waals surface area contributed by atoms with Crippen LogP contribution in [0.15, 0.2) is 72.8 Å². The molecule has 3 unspecified atom stereocenters. The lowest BCUT2D eigenvalue weighted by Crippen LogP contribution is -2.68. The molecule has 6 fully saturated rings. The molecule has 2 aliphatic heterocycles. The molecule has 0 spiro atoms. The molecular weight excluding hydrogens is 865 g/mol. The topological polar surface area (TPSA) is 152 Å². The number of nitrogens with one attached hydrogen (secondary N) is 1. The summed E-state index contributed by atoms with van der Waals surface area (Å²) in [6.07, 6.45) is 7.42. The molecule has 9 rings (SSSR count). The molecule has 2 heterocycles. The largest absolute Gasteiger partial charge is 0.459 e. The van der Waals surface area contributed by atoms with Gasteiger partial charge in [-0.2, -0.15) is 0 Å². The molecule has 5 aliphatic carbocycles. The van der Waals surface area contributed by atoms with Gasteiger partial charge < -0.3 is 34.6 Å². The first kappa shape index (κ1) is 48.6. The van der Waals surface area contributed by atoms with Crippen LogP contribution in [-0.4, -0.2) is 103 Å². The summed E-state index contributed by atoms with van der Waals surface area (Å²) in [5, 5.41) is 25.4. The minimum absolute atomic E-state index is 0.0244. The maximum Gasteiger partial charge on any atom is 0.340 e. The zero-order valence-corrected chi connectivity index (χ0v) is 41.6. The molecule has 0 radical (unpaired) electrons. The van der Waals surface area contributed by atoms with Crippen LogP contribution >= 0.6 is 0 Å². The van der Waals surface area contributed by atoms with Crippen LogP contribution in [-0.2, 0) is 35.4 Å². The third-order valence-corrected chi connectivity index (χ3v) is 21.2. The van der Waals surface area contributed by atoms with E-state index in [1.807, 2.05) is 42.5 Å². The highest BCUT2D eigenvalue weighted by Gasteiger charge is 2.70. The fourth-order valence-corrected chi connectivity index (χ4v) is 17.2. The van der Waals surface area contributed by atoms with Gasteiger partial charge in [-0.1, -0.05) is 95.3 Å². The summed E-state index contributed by atoms with van der Waals surface area (Å²) in [7, 11) is -2.90. The number of aliphatic hydroxyl groups excluding tert-OH is 2. The van der Waals surface area contributed by atoms with Gasteiger partial charge in [0.1, 0.15) is 12.7 Å². The minimum atomic E-state index is -2.90. The number of aliphatic hydroxyl groups is 2. The third-order valence-electron chi connectivity index (χ3n) is 19.5. The van der Waals surface area contributed by atoms with E-state index in [1.54, 1.807) is 12.1 Å². The van der Waals surface area contributed by atoms with Gasteiger partial charge in [-0.25, -0.2) is 18.0 Å². The van der Waals surface area contributed by atoms with Gasteiger partial charge in [0.15, 0.2) is 15.9 Å². The second-order valence-corrected chi connectivity index (χ2v) is 25.5. The summed E-state index contributed by atoms with van der Waals surface area (Å²) in [5.41, 5.74) is 5.40. The number of allylic oxidation sites excluding steroid dienone is 3. The van der Waals surface area contributed by atoms with Gasteiger partial charge in [-0.3, -0.25) is 0 Å². The highest BCUT2D eigenvalue weighted by Crippen LogP contribution is 2.76. The molecule has 7 aliphatic rings. The van der Waals surface area contributed by atoms with Crippen molar-refractivity contribution in [2.45, 2.75) is 142 Å². The molecule has 2 aromatic rings. The second kappa shape index (κ2) is 18.1. The van der Waals surface area contributed by atoms with E-state index in [-0.39, 0.29) is 51.7 Å². The van der Waals surface area contributed by atoms with Crippen molar-refractivity contribution in [1.29, 1.82) is 0 Å². The van der Waals surface area contributed by atoms with Crippen molar-refractivity contribution in [3.8, 4) is 0 Å². The van der Waals surface area contributed by atoms with E-state index in [9.17, 15) is 28.2 Å². The monoisotopic (exact) mass is 941 g/mol. The van der Waals surface area contributed by atoms with Gasteiger partial charge >= 0.3 is 11.9 Å². The van der Waals surface area contributed by atoms with Gasteiger partial charge in [0, 0.05) is 38.1 Å². The van der Waals surface area contributed by atoms with E-state index in [0.29, 0.717) is 48.2 Å². The molecule has 13 atom stereocenters. The van der Waals surface area contributed by atoms with Gasteiger partial charge in [0.2, 0.25) is 6.29 Å². The Balaban J connectivity index is 0.873. The molecule has 3 N–H and O–H groups in total. The van der Waals surface area contributed by atoms with Crippen LogP contribution in [0, 0.1) is 51.2 Å². The first-order valence-corrected chi connectivity index (χ1v) is 27.1. The lowest BCUT2D eigenvalue weighted by Gasteiger charge is -2.72. The summed E-state index contributed by atoms with van der Waals surface area (Å²) < 4.78 is 41.0. The number of rotatable bonds is 11.